The van der Waals surface area contributed by atoms with E-state index in [9.17, 15) is 13.2 Å². The third-order valence-corrected chi connectivity index (χ3v) is 6.14. The normalized spacial score (nSPS) is 15.2. The van der Waals surface area contributed by atoms with Gasteiger partial charge in [0.25, 0.3) is 10.0 Å². The van der Waals surface area contributed by atoms with Gasteiger partial charge in [-0.15, -0.1) is 0 Å². The topological polar surface area (TPSA) is 79.4 Å². The van der Waals surface area contributed by atoms with Crippen molar-refractivity contribution in [3.05, 3.63) is 53.9 Å². The van der Waals surface area contributed by atoms with Gasteiger partial charge in [-0.2, -0.15) is 0 Å². The summed E-state index contributed by atoms with van der Waals surface area (Å²) in [4.78, 5) is 18.4. The molecular formula is C19H23N3O3S. The van der Waals surface area contributed by atoms with E-state index in [1.165, 1.54) is 6.20 Å². The van der Waals surface area contributed by atoms with Crippen LogP contribution in [0.2, 0.25) is 0 Å². The van der Waals surface area contributed by atoms with Gasteiger partial charge < -0.3 is 4.90 Å². The quantitative estimate of drug-likeness (QED) is 0.874. The van der Waals surface area contributed by atoms with Gasteiger partial charge in [-0.25, -0.2) is 8.42 Å². The van der Waals surface area contributed by atoms with Crippen molar-refractivity contribution in [2.24, 2.45) is 5.92 Å². The standard InChI is InChI=1S/C19H23N3O3S/c1-3-14(2)19(23)22-10-8-15-6-7-18(11-16(15)13-22)26(24,25)21-17-5-4-9-20-12-17/h4-7,9,11-12,14,21H,3,8,10,13H2,1-2H3. The minimum Gasteiger partial charge on any atom is -0.338 e. The molecule has 26 heavy (non-hydrogen) atoms. The average molecular weight is 373 g/mol. The number of carbonyl (C=O) groups excluding carboxylic acids is 1. The van der Waals surface area contributed by atoms with Crippen molar-refractivity contribution < 1.29 is 13.2 Å². The lowest BCUT2D eigenvalue weighted by Crippen LogP contribution is -2.39. The number of nitrogens with zero attached hydrogens (tertiary/aromatic N) is 2. The fourth-order valence-electron chi connectivity index (χ4n) is 3.01. The molecule has 0 saturated heterocycles. The van der Waals surface area contributed by atoms with Crippen LogP contribution in [0.3, 0.4) is 0 Å². The van der Waals surface area contributed by atoms with Crippen LogP contribution < -0.4 is 4.72 Å². The molecule has 1 aliphatic heterocycles. The Hall–Kier alpha value is -2.41. The van der Waals surface area contributed by atoms with Crippen LogP contribution in [0.4, 0.5) is 5.69 Å². The molecule has 0 aliphatic carbocycles. The minimum absolute atomic E-state index is 0.0179. The number of anilines is 1. The van der Waals surface area contributed by atoms with E-state index < -0.39 is 10.0 Å². The molecule has 138 valence electrons. The van der Waals surface area contributed by atoms with Gasteiger partial charge in [-0.3, -0.25) is 14.5 Å². The van der Waals surface area contributed by atoms with Gasteiger partial charge in [0.05, 0.1) is 16.8 Å². The van der Waals surface area contributed by atoms with Crippen LogP contribution in [-0.4, -0.2) is 30.8 Å². The number of pyridine rings is 1. The molecule has 6 nitrogen and oxygen atoms in total. The Kier molecular flexibility index (Phi) is 5.27. The first-order chi connectivity index (χ1) is 12.4. The molecule has 1 unspecified atom stereocenters. The number of hydrogen-bond acceptors (Lipinski definition) is 4. The van der Waals surface area contributed by atoms with E-state index in [0.717, 1.165) is 24.0 Å². The van der Waals surface area contributed by atoms with E-state index >= 15 is 0 Å². The molecule has 1 aromatic carbocycles. The van der Waals surface area contributed by atoms with Gasteiger partial charge in [-0.1, -0.05) is 19.9 Å². The Balaban J connectivity index is 1.83. The number of carbonyl (C=O) groups is 1. The van der Waals surface area contributed by atoms with E-state index in [1.54, 1.807) is 30.5 Å². The monoisotopic (exact) mass is 373 g/mol. The van der Waals surface area contributed by atoms with Gasteiger partial charge in [0, 0.05) is 25.2 Å². The lowest BCUT2D eigenvalue weighted by molar-refractivity contribution is -0.136. The maximum Gasteiger partial charge on any atom is 0.261 e. The highest BCUT2D eigenvalue weighted by atomic mass is 32.2. The van der Waals surface area contributed by atoms with Crippen LogP contribution in [0.5, 0.6) is 0 Å². The summed E-state index contributed by atoms with van der Waals surface area (Å²) in [5.74, 6) is 0.107. The summed E-state index contributed by atoms with van der Waals surface area (Å²) in [5.41, 5.74) is 2.40. The van der Waals surface area contributed by atoms with E-state index in [1.807, 2.05) is 24.8 Å². The lowest BCUT2D eigenvalue weighted by Gasteiger charge is -2.31. The molecule has 2 heterocycles. The molecule has 3 rings (SSSR count). The van der Waals surface area contributed by atoms with Crippen molar-refractivity contribution in [2.75, 3.05) is 11.3 Å². The molecule has 0 saturated carbocycles. The van der Waals surface area contributed by atoms with E-state index in [-0.39, 0.29) is 16.7 Å². The fraction of sp³-hybridized carbons (Fsp3) is 0.368. The molecule has 7 heteroatoms. The highest BCUT2D eigenvalue weighted by Crippen LogP contribution is 2.25. The summed E-state index contributed by atoms with van der Waals surface area (Å²) in [6.07, 6.45) is 4.58. The zero-order valence-corrected chi connectivity index (χ0v) is 15.8. The molecular weight excluding hydrogens is 350 g/mol. The molecule has 1 aliphatic rings. The second kappa shape index (κ2) is 7.45. The second-order valence-electron chi connectivity index (χ2n) is 6.60. The maximum atomic E-state index is 12.6. The van der Waals surface area contributed by atoms with E-state index in [2.05, 4.69) is 9.71 Å². The van der Waals surface area contributed by atoms with E-state index in [0.29, 0.717) is 18.8 Å². The molecule has 1 amide bonds. The summed E-state index contributed by atoms with van der Waals surface area (Å²) in [6, 6.07) is 8.45. The molecule has 0 fully saturated rings. The number of rotatable bonds is 5. The first-order valence-corrected chi connectivity index (χ1v) is 10.2. The third-order valence-electron chi connectivity index (χ3n) is 4.76. The Morgan fingerprint density at radius 1 is 1.31 bits per heavy atom. The lowest BCUT2D eigenvalue weighted by atomic mass is 9.98. The first kappa shape index (κ1) is 18.4. The summed E-state index contributed by atoms with van der Waals surface area (Å²) in [6.45, 7) is 5.05. The minimum atomic E-state index is -3.70. The van der Waals surface area contributed by atoms with Crippen molar-refractivity contribution in [3.8, 4) is 0 Å². The largest absolute Gasteiger partial charge is 0.338 e. The SMILES string of the molecule is CCC(C)C(=O)N1CCc2ccc(S(=O)(=O)Nc3cccnc3)cc2C1. The van der Waals surface area contributed by atoms with Crippen molar-refractivity contribution in [3.63, 3.8) is 0 Å². The smallest absolute Gasteiger partial charge is 0.261 e. The van der Waals surface area contributed by atoms with Gasteiger partial charge >= 0.3 is 0 Å². The molecule has 1 atom stereocenters. The summed E-state index contributed by atoms with van der Waals surface area (Å²) >= 11 is 0. The summed E-state index contributed by atoms with van der Waals surface area (Å²) in [7, 11) is -3.70. The number of fused-ring (bicyclic) bond motifs is 1. The van der Waals surface area contributed by atoms with E-state index in [4.69, 9.17) is 0 Å². The molecule has 1 aromatic heterocycles. The highest BCUT2D eigenvalue weighted by Gasteiger charge is 2.25. The van der Waals surface area contributed by atoms with Crippen molar-refractivity contribution in [1.82, 2.24) is 9.88 Å². The Morgan fingerprint density at radius 3 is 2.81 bits per heavy atom. The van der Waals surface area contributed by atoms with Crippen molar-refractivity contribution in [1.29, 1.82) is 0 Å². The zero-order valence-electron chi connectivity index (χ0n) is 15.0. The van der Waals surface area contributed by atoms with Crippen LogP contribution in [0.25, 0.3) is 0 Å². The number of nitrogens with one attached hydrogen (secondary N) is 1. The van der Waals surface area contributed by atoms with Crippen LogP contribution in [-0.2, 0) is 27.8 Å². The summed E-state index contributed by atoms with van der Waals surface area (Å²) < 4.78 is 27.8. The number of hydrogen-bond donors (Lipinski definition) is 1. The maximum absolute atomic E-state index is 12.6. The second-order valence-corrected chi connectivity index (χ2v) is 8.28. The number of aromatic nitrogens is 1. The zero-order chi connectivity index (χ0) is 18.7. The Morgan fingerprint density at radius 2 is 2.12 bits per heavy atom. The molecule has 0 bridgehead atoms. The van der Waals surface area contributed by atoms with Crippen LogP contribution in [0.1, 0.15) is 31.4 Å². The number of amides is 1. The van der Waals surface area contributed by atoms with Gasteiger partial charge in [0.2, 0.25) is 5.91 Å². The molecule has 0 radical (unpaired) electrons. The van der Waals surface area contributed by atoms with Gasteiger partial charge in [0.15, 0.2) is 0 Å². The predicted octanol–water partition coefficient (Wildman–Crippen LogP) is 2.81. The van der Waals surface area contributed by atoms with Gasteiger partial charge in [-0.05, 0) is 48.2 Å². The third kappa shape index (κ3) is 3.88. The fourth-order valence-corrected chi connectivity index (χ4v) is 4.11. The van der Waals surface area contributed by atoms with Crippen molar-refractivity contribution >= 4 is 21.6 Å². The summed E-state index contributed by atoms with van der Waals surface area (Å²) in [5, 5.41) is 0. The number of sulfonamides is 1. The van der Waals surface area contributed by atoms with Gasteiger partial charge in [0.1, 0.15) is 0 Å². The number of benzene rings is 1. The molecule has 2 aromatic rings. The molecule has 1 N–H and O–H groups in total. The van der Waals surface area contributed by atoms with Crippen LogP contribution >= 0.6 is 0 Å². The Labute approximate surface area is 154 Å². The first-order valence-electron chi connectivity index (χ1n) is 8.74. The molecule has 0 spiro atoms. The van der Waals surface area contributed by atoms with Crippen LogP contribution in [0, 0.1) is 5.92 Å². The highest BCUT2D eigenvalue weighted by molar-refractivity contribution is 7.92. The van der Waals surface area contributed by atoms with Crippen molar-refractivity contribution in [2.45, 2.75) is 38.1 Å². The Bertz CT molecular complexity index is 898. The predicted molar refractivity (Wildman–Crippen MR) is 100 cm³/mol. The average Bonchev–Trinajstić information content (AvgIpc) is 2.66. The van der Waals surface area contributed by atoms with Crippen LogP contribution in [0.15, 0.2) is 47.6 Å².